The highest BCUT2D eigenvalue weighted by Crippen LogP contribution is 2.57. The highest BCUT2D eigenvalue weighted by Gasteiger charge is 2.53. The first-order valence-corrected chi connectivity index (χ1v) is 10.9. The summed E-state index contributed by atoms with van der Waals surface area (Å²) in [7, 11) is 1.63. The van der Waals surface area contributed by atoms with E-state index >= 15 is 0 Å². The molecule has 1 saturated carbocycles. The summed E-state index contributed by atoms with van der Waals surface area (Å²) in [6.07, 6.45) is 3.43. The first-order valence-electron chi connectivity index (χ1n) is 10.9. The minimum Gasteiger partial charge on any atom is -0.496 e. The van der Waals surface area contributed by atoms with Gasteiger partial charge in [-0.05, 0) is 84.7 Å². The van der Waals surface area contributed by atoms with Gasteiger partial charge in [0, 0.05) is 5.69 Å². The van der Waals surface area contributed by atoms with Gasteiger partial charge in [-0.1, -0.05) is 38.5 Å². The molecule has 0 unspecified atom stereocenters. The molecule has 2 aliphatic carbocycles. The Kier molecular flexibility index (Phi) is 5.17. The lowest BCUT2D eigenvalue weighted by Crippen LogP contribution is -2.53. The summed E-state index contributed by atoms with van der Waals surface area (Å²) in [5, 5.41) is 13.6. The quantitative estimate of drug-likeness (QED) is 0.730. The second-order valence-electron chi connectivity index (χ2n) is 9.91. The van der Waals surface area contributed by atoms with E-state index in [1.807, 2.05) is 37.3 Å². The molecule has 0 bridgehead atoms. The number of nitrogens with one attached hydrogen (secondary N) is 1. The van der Waals surface area contributed by atoms with Crippen molar-refractivity contribution in [2.75, 3.05) is 12.4 Å². The van der Waals surface area contributed by atoms with Crippen LogP contribution in [0.4, 0.5) is 5.69 Å². The van der Waals surface area contributed by atoms with Crippen molar-refractivity contribution in [3.8, 4) is 5.75 Å². The summed E-state index contributed by atoms with van der Waals surface area (Å²) in [6, 6.07) is 11.9. The van der Waals surface area contributed by atoms with Crippen LogP contribution in [0.15, 0.2) is 36.4 Å². The molecule has 4 heteroatoms. The highest BCUT2D eigenvalue weighted by molar-refractivity contribution is 6.06. The normalized spacial score (nSPS) is 27.0. The van der Waals surface area contributed by atoms with Crippen molar-refractivity contribution in [1.82, 2.24) is 0 Å². The lowest BCUT2D eigenvalue weighted by molar-refractivity contribution is -0.0731. The van der Waals surface area contributed by atoms with E-state index in [1.54, 1.807) is 7.11 Å². The summed E-state index contributed by atoms with van der Waals surface area (Å²) in [5.41, 5.74) is 4.88. The number of amides is 1. The Morgan fingerprint density at radius 3 is 2.50 bits per heavy atom. The fourth-order valence-corrected chi connectivity index (χ4v) is 5.89. The van der Waals surface area contributed by atoms with E-state index in [2.05, 4.69) is 32.2 Å². The van der Waals surface area contributed by atoms with Gasteiger partial charge in [0.2, 0.25) is 0 Å². The standard InChI is InChI=1S/C26H33NO3/c1-16-6-9-18(10-7-16)27-24(29)19-14-17-8-11-22-25(2,3)23(28)12-13-26(22,4)20(17)15-21(19)30-5/h6-7,9-10,14-15,22-23,28H,8,11-13H2,1-5H3,(H,27,29)/t22-,23-,26+/m0/s1. The zero-order valence-corrected chi connectivity index (χ0v) is 18.7. The number of carbonyl (C=O) groups is 1. The van der Waals surface area contributed by atoms with E-state index in [4.69, 9.17) is 4.74 Å². The molecular weight excluding hydrogens is 374 g/mol. The molecule has 2 aliphatic rings. The molecule has 1 amide bonds. The van der Waals surface area contributed by atoms with E-state index < -0.39 is 0 Å². The van der Waals surface area contributed by atoms with Gasteiger partial charge < -0.3 is 15.2 Å². The third-order valence-corrected chi connectivity index (χ3v) is 7.76. The molecule has 0 aromatic heterocycles. The zero-order valence-electron chi connectivity index (χ0n) is 18.7. The number of rotatable bonds is 3. The number of aliphatic hydroxyl groups excluding tert-OH is 1. The van der Waals surface area contributed by atoms with Gasteiger partial charge in [0.15, 0.2) is 0 Å². The molecule has 2 aromatic carbocycles. The van der Waals surface area contributed by atoms with Gasteiger partial charge in [-0.3, -0.25) is 4.79 Å². The van der Waals surface area contributed by atoms with Crippen LogP contribution in [0.2, 0.25) is 0 Å². The maximum Gasteiger partial charge on any atom is 0.259 e. The fraction of sp³-hybridized carbons (Fsp3) is 0.500. The van der Waals surface area contributed by atoms with Crippen LogP contribution in [0.25, 0.3) is 0 Å². The summed E-state index contributed by atoms with van der Waals surface area (Å²) in [4.78, 5) is 13.0. The van der Waals surface area contributed by atoms with Gasteiger partial charge >= 0.3 is 0 Å². The first-order chi connectivity index (χ1) is 14.2. The van der Waals surface area contributed by atoms with Crippen molar-refractivity contribution in [3.63, 3.8) is 0 Å². The van der Waals surface area contributed by atoms with Gasteiger partial charge in [0.25, 0.3) is 5.91 Å². The Morgan fingerprint density at radius 1 is 1.13 bits per heavy atom. The Hall–Kier alpha value is -2.33. The first kappa shape index (κ1) is 20.9. The predicted octanol–water partition coefficient (Wildman–Crippen LogP) is 5.26. The number of ether oxygens (including phenoxy) is 1. The van der Waals surface area contributed by atoms with Crippen LogP contribution in [0.1, 0.15) is 67.1 Å². The van der Waals surface area contributed by atoms with E-state index in [0.29, 0.717) is 17.2 Å². The molecule has 0 aliphatic heterocycles. The third kappa shape index (κ3) is 3.31. The number of carbonyl (C=O) groups excluding carboxylic acids is 1. The minimum atomic E-state index is -0.265. The molecule has 0 heterocycles. The van der Waals surface area contributed by atoms with Crippen molar-refractivity contribution < 1.29 is 14.6 Å². The third-order valence-electron chi connectivity index (χ3n) is 7.76. The van der Waals surface area contributed by atoms with E-state index in [1.165, 1.54) is 11.1 Å². The van der Waals surface area contributed by atoms with Crippen molar-refractivity contribution >= 4 is 11.6 Å². The molecule has 4 nitrogen and oxygen atoms in total. The van der Waals surface area contributed by atoms with Crippen LogP contribution in [-0.2, 0) is 11.8 Å². The van der Waals surface area contributed by atoms with Crippen LogP contribution < -0.4 is 10.1 Å². The summed E-state index contributed by atoms with van der Waals surface area (Å²) in [6.45, 7) is 8.75. The van der Waals surface area contributed by atoms with E-state index in [0.717, 1.165) is 36.9 Å². The fourth-order valence-electron chi connectivity index (χ4n) is 5.89. The summed E-state index contributed by atoms with van der Waals surface area (Å²) < 4.78 is 5.68. The van der Waals surface area contributed by atoms with Gasteiger partial charge in [0.05, 0.1) is 18.8 Å². The highest BCUT2D eigenvalue weighted by atomic mass is 16.5. The Bertz CT molecular complexity index is 963. The summed E-state index contributed by atoms with van der Waals surface area (Å²) in [5.74, 6) is 0.868. The number of methoxy groups -OCH3 is 1. The molecule has 3 atom stereocenters. The molecule has 2 aromatic rings. The second kappa shape index (κ2) is 7.42. The topological polar surface area (TPSA) is 58.6 Å². The second-order valence-corrected chi connectivity index (χ2v) is 9.91. The number of benzene rings is 2. The number of aliphatic hydroxyl groups is 1. The Labute approximate surface area is 179 Å². The van der Waals surface area contributed by atoms with Gasteiger partial charge in [-0.2, -0.15) is 0 Å². The SMILES string of the molecule is COc1cc2c(cc1C(=O)Nc1ccc(C)cc1)CC[C@H]1C(C)(C)[C@@H](O)CC[C@]21C. The zero-order chi connectivity index (χ0) is 21.7. The van der Waals surface area contributed by atoms with Crippen molar-refractivity contribution in [1.29, 1.82) is 0 Å². The number of aryl methyl sites for hydroxylation is 2. The smallest absolute Gasteiger partial charge is 0.259 e. The predicted molar refractivity (Wildman–Crippen MR) is 120 cm³/mol. The van der Waals surface area contributed by atoms with E-state index in [9.17, 15) is 9.90 Å². The van der Waals surface area contributed by atoms with Crippen LogP contribution in [0, 0.1) is 18.3 Å². The average molecular weight is 408 g/mol. The molecule has 2 N–H and O–H groups in total. The lowest BCUT2D eigenvalue weighted by atomic mass is 9.49. The maximum atomic E-state index is 13.0. The van der Waals surface area contributed by atoms with E-state index in [-0.39, 0.29) is 22.8 Å². The van der Waals surface area contributed by atoms with Crippen LogP contribution in [0.3, 0.4) is 0 Å². The Morgan fingerprint density at radius 2 is 1.83 bits per heavy atom. The molecule has 160 valence electrons. The van der Waals surface area contributed by atoms with Crippen LogP contribution in [0.5, 0.6) is 5.75 Å². The maximum absolute atomic E-state index is 13.0. The largest absolute Gasteiger partial charge is 0.496 e. The number of hydrogen-bond donors (Lipinski definition) is 2. The average Bonchev–Trinajstić information content (AvgIpc) is 2.72. The number of fused-ring (bicyclic) bond motifs is 3. The van der Waals surface area contributed by atoms with Crippen LogP contribution >= 0.6 is 0 Å². The molecule has 0 saturated heterocycles. The van der Waals surface area contributed by atoms with Gasteiger partial charge in [-0.25, -0.2) is 0 Å². The molecule has 30 heavy (non-hydrogen) atoms. The number of hydrogen-bond acceptors (Lipinski definition) is 3. The summed E-state index contributed by atoms with van der Waals surface area (Å²) >= 11 is 0. The van der Waals surface area contributed by atoms with Gasteiger partial charge in [-0.15, -0.1) is 0 Å². The van der Waals surface area contributed by atoms with Gasteiger partial charge in [0.1, 0.15) is 5.75 Å². The number of anilines is 1. The molecule has 4 rings (SSSR count). The van der Waals surface area contributed by atoms with Crippen molar-refractivity contribution in [2.45, 2.75) is 64.9 Å². The lowest BCUT2D eigenvalue weighted by Gasteiger charge is -2.56. The molecule has 0 radical (unpaired) electrons. The minimum absolute atomic E-state index is 0.0183. The molecule has 0 spiro atoms. The van der Waals surface area contributed by atoms with Crippen molar-refractivity contribution in [2.24, 2.45) is 11.3 Å². The van der Waals surface area contributed by atoms with Crippen LogP contribution in [-0.4, -0.2) is 24.2 Å². The molecule has 1 fully saturated rings. The van der Waals surface area contributed by atoms with Crippen molar-refractivity contribution in [3.05, 3.63) is 58.7 Å². The Balaban J connectivity index is 1.71. The molecular formula is C26H33NO3. The monoisotopic (exact) mass is 407 g/mol.